The van der Waals surface area contributed by atoms with E-state index in [-0.39, 0.29) is 22.7 Å². The molecule has 0 aromatic heterocycles. The summed E-state index contributed by atoms with van der Waals surface area (Å²) in [5, 5.41) is 10.6. The van der Waals surface area contributed by atoms with Gasteiger partial charge < -0.3 is 5.73 Å². The van der Waals surface area contributed by atoms with E-state index in [0.717, 1.165) is 40.7 Å². The van der Waals surface area contributed by atoms with Crippen LogP contribution in [0.3, 0.4) is 0 Å². The molecule has 10 heteroatoms. The predicted octanol–water partition coefficient (Wildman–Crippen LogP) is 2.19. The molecule has 7 nitrogen and oxygen atoms in total. The fraction of sp³-hybridized carbons (Fsp3) is 0.200. The molecule has 1 unspecified atom stereocenters. The first-order chi connectivity index (χ1) is 11.6. The average molecular weight is 371 g/mol. The summed E-state index contributed by atoms with van der Waals surface area (Å²) in [5.74, 6) is -1.63. The third-order valence-corrected chi connectivity index (χ3v) is 5.41. The highest BCUT2D eigenvalue weighted by Gasteiger charge is 2.25. The van der Waals surface area contributed by atoms with Crippen LogP contribution in [0.2, 0.25) is 0 Å². The molecule has 0 saturated carbocycles. The largest absolute Gasteiger partial charge is 0.323 e. The molecular weight excluding hydrogens is 356 g/mol. The van der Waals surface area contributed by atoms with E-state index in [2.05, 4.69) is 0 Å². The molecule has 0 radical (unpaired) electrons. The van der Waals surface area contributed by atoms with Gasteiger partial charge in [0.2, 0.25) is 10.0 Å². The summed E-state index contributed by atoms with van der Waals surface area (Å²) in [6, 6.07) is 6.19. The topological polar surface area (TPSA) is 107 Å². The van der Waals surface area contributed by atoms with E-state index >= 15 is 0 Å². The van der Waals surface area contributed by atoms with Crippen molar-refractivity contribution >= 4 is 15.7 Å². The lowest BCUT2D eigenvalue weighted by Crippen LogP contribution is -2.34. The fourth-order valence-corrected chi connectivity index (χ4v) is 3.39. The molecule has 2 aromatic rings. The van der Waals surface area contributed by atoms with Gasteiger partial charge in [-0.15, -0.1) is 0 Å². The molecular formula is C15H15F2N3O4S. The van der Waals surface area contributed by atoms with Crippen molar-refractivity contribution < 1.29 is 22.1 Å². The van der Waals surface area contributed by atoms with Crippen LogP contribution in [0.1, 0.15) is 11.6 Å². The van der Waals surface area contributed by atoms with Crippen molar-refractivity contribution in [2.24, 2.45) is 5.73 Å². The van der Waals surface area contributed by atoms with Gasteiger partial charge in [-0.2, -0.15) is 4.31 Å². The molecule has 0 bridgehead atoms. The highest BCUT2D eigenvalue weighted by Crippen LogP contribution is 2.22. The number of nitrogens with two attached hydrogens (primary N) is 1. The Balaban J connectivity index is 2.20. The van der Waals surface area contributed by atoms with Crippen LogP contribution in [0, 0.1) is 21.7 Å². The van der Waals surface area contributed by atoms with E-state index in [4.69, 9.17) is 5.73 Å². The number of halogens is 2. The van der Waals surface area contributed by atoms with Crippen LogP contribution in [0.4, 0.5) is 14.5 Å². The molecule has 134 valence electrons. The van der Waals surface area contributed by atoms with E-state index in [1.165, 1.54) is 7.05 Å². The third kappa shape index (κ3) is 4.16. The van der Waals surface area contributed by atoms with Crippen molar-refractivity contribution in [3.8, 4) is 0 Å². The molecule has 0 saturated heterocycles. The Labute approximate surface area is 142 Å². The second kappa shape index (κ2) is 7.21. The van der Waals surface area contributed by atoms with Crippen LogP contribution in [-0.2, 0) is 10.0 Å². The Morgan fingerprint density at radius 1 is 1.20 bits per heavy atom. The standard InChI is InChI=1S/C15H15F2N3O4S/c1-19(9-15(18)13-7-2-10(16)8-14(13)17)25(23,24)12-5-3-11(4-6-12)20(21)22/h2-8,15H,9,18H2,1H3. The first kappa shape index (κ1) is 18.9. The highest BCUT2D eigenvalue weighted by atomic mass is 32.2. The van der Waals surface area contributed by atoms with E-state index in [1.807, 2.05) is 0 Å². The quantitative estimate of drug-likeness (QED) is 0.619. The zero-order valence-corrected chi connectivity index (χ0v) is 13.9. The Hall–Kier alpha value is -2.43. The maximum absolute atomic E-state index is 13.7. The summed E-state index contributed by atoms with van der Waals surface area (Å²) in [7, 11) is -2.72. The number of nitro benzene ring substituents is 1. The van der Waals surface area contributed by atoms with Gasteiger partial charge in [-0.25, -0.2) is 17.2 Å². The lowest BCUT2D eigenvalue weighted by Gasteiger charge is -2.21. The van der Waals surface area contributed by atoms with Gasteiger partial charge in [0.05, 0.1) is 9.82 Å². The number of nitro groups is 1. The molecule has 0 aliphatic carbocycles. The molecule has 0 aliphatic heterocycles. The first-order valence-corrected chi connectivity index (χ1v) is 8.48. The van der Waals surface area contributed by atoms with Gasteiger partial charge in [0, 0.05) is 43.4 Å². The van der Waals surface area contributed by atoms with Gasteiger partial charge in [0.25, 0.3) is 5.69 Å². The second-order valence-electron chi connectivity index (χ2n) is 5.31. The molecule has 0 fully saturated rings. The fourth-order valence-electron chi connectivity index (χ4n) is 2.20. The minimum Gasteiger partial charge on any atom is -0.323 e. The van der Waals surface area contributed by atoms with Crippen LogP contribution in [-0.4, -0.2) is 31.2 Å². The summed E-state index contributed by atoms with van der Waals surface area (Å²) >= 11 is 0. The molecule has 1 atom stereocenters. The monoisotopic (exact) mass is 371 g/mol. The number of likely N-dealkylation sites (N-methyl/N-ethyl adjacent to an activating group) is 1. The highest BCUT2D eigenvalue weighted by molar-refractivity contribution is 7.89. The Kier molecular flexibility index (Phi) is 5.45. The van der Waals surface area contributed by atoms with Gasteiger partial charge in [-0.05, 0) is 18.2 Å². The van der Waals surface area contributed by atoms with E-state index < -0.39 is 32.6 Å². The number of sulfonamides is 1. The summed E-state index contributed by atoms with van der Waals surface area (Å²) in [4.78, 5) is 9.82. The number of non-ortho nitro benzene ring substituents is 1. The van der Waals surface area contributed by atoms with Crippen LogP contribution < -0.4 is 5.73 Å². The lowest BCUT2D eigenvalue weighted by atomic mass is 10.1. The summed E-state index contributed by atoms with van der Waals surface area (Å²) in [5.41, 5.74) is 5.56. The minimum absolute atomic E-state index is 0.0212. The van der Waals surface area contributed by atoms with Crippen LogP contribution >= 0.6 is 0 Å². The van der Waals surface area contributed by atoms with Gasteiger partial charge in [0.15, 0.2) is 0 Å². The lowest BCUT2D eigenvalue weighted by molar-refractivity contribution is -0.384. The number of rotatable bonds is 6. The van der Waals surface area contributed by atoms with Crippen molar-refractivity contribution in [3.63, 3.8) is 0 Å². The van der Waals surface area contributed by atoms with Crippen molar-refractivity contribution in [3.05, 3.63) is 69.8 Å². The zero-order valence-electron chi connectivity index (χ0n) is 13.1. The summed E-state index contributed by atoms with van der Waals surface area (Å²) in [6.45, 7) is -0.262. The molecule has 2 rings (SSSR count). The van der Waals surface area contributed by atoms with Crippen LogP contribution in [0.5, 0.6) is 0 Å². The van der Waals surface area contributed by atoms with Gasteiger partial charge in [-0.3, -0.25) is 10.1 Å². The third-order valence-electron chi connectivity index (χ3n) is 3.57. The van der Waals surface area contributed by atoms with Gasteiger partial charge in [-0.1, -0.05) is 6.07 Å². The number of benzene rings is 2. The summed E-state index contributed by atoms with van der Waals surface area (Å²) < 4.78 is 52.5. The Morgan fingerprint density at radius 3 is 2.32 bits per heavy atom. The van der Waals surface area contributed by atoms with E-state index in [9.17, 15) is 27.3 Å². The Morgan fingerprint density at radius 2 is 1.80 bits per heavy atom. The molecule has 0 spiro atoms. The molecule has 0 aliphatic rings. The Bertz CT molecular complexity index is 888. The molecule has 2 N–H and O–H groups in total. The average Bonchev–Trinajstić information content (AvgIpc) is 2.54. The van der Waals surface area contributed by atoms with Crippen LogP contribution in [0.25, 0.3) is 0 Å². The van der Waals surface area contributed by atoms with Crippen molar-refractivity contribution in [1.82, 2.24) is 4.31 Å². The van der Waals surface area contributed by atoms with Gasteiger partial charge >= 0.3 is 0 Å². The first-order valence-electron chi connectivity index (χ1n) is 7.04. The normalized spacial score (nSPS) is 13.0. The van der Waals surface area contributed by atoms with Gasteiger partial charge in [0.1, 0.15) is 11.6 Å². The molecule has 0 amide bonds. The van der Waals surface area contributed by atoms with Crippen molar-refractivity contribution in [2.45, 2.75) is 10.9 Å². The van der Waals surface area contributed by atoms with Crippen molar-refractivity contribution in [1.29, 1.82) is 0 Å². The number of hydrogen-bond acceptors (Lipinski definition) is 5. The summed E-state index contributed by atoms with van der Waals surface area (Å²) in [6.07, 6.45) is 0. The second-order valence-corrected chi connectivity index (χ2v) is 7.35. The predicted molar refractivity (Wildman–Crippen MR) is 86.2 cm³/mol. The molecule has 2 aromatic carbocycles. The SMILES string of the molecule is CN(CC(N)c1ccc(F)cc1F)S(=O)(=O)c1ccc([N+](=O)[O-])cc1. The smallest absolute Gasteiger partial charge is 0.269 e. The number of nitrogens with zero attached hydrogens (tertiary/aromatic N) is 2. The molecule has 0 heterocycles. The zero-order chi connectivity index (χ0) is 18.8. The van der Waals surface area contributed by atoms with Crippen LogP contribution in [0.15, 0.2) is 47.4 Å². The maximum atomic E-state index is 13.7. The van der Waals surface area contributed by atoms with E-state index in [1.54, 1.807) is 0 Å². The minimum atomic E-state index is -3.97. The number of hydrogen-bond donors (Lipinski definition) is 1. The van der Waals surface area contributed by atoms with E-state index in [0.29, 0.717) is 6.07 Å². The molecule has 25 heavy (non-hydrogen) atoms. The maximum Gasteiger partial charge on any atom is 0.269 e. The van der Waals surface area contributed by atoms with Crippen molar-refractivity contribution in [2.75, 3.05) is 13.6 Å².